The average molecular weight is 616 g/mol. The van der Waals surface area contributed by atoms with Crippen molar-refractivity contribution in [1.82, 2.24) is 19.9 Å². The lowest BCUT2D eigenvalue weighted by molar-refractivity contribution is -0.253. The Bertz CT molecular complexity index is 1480. The van der Waals surface area contributed by atoms with Gasteiger partial charge in [0, 0.05) is 18.4 Å². The molecule has 2 aromatic carbocycles. The molecule has 40 heavy (non-hydrogen) atoms. The van der Waals surface area contributed by atoms with Gasteiger partial charge in [-0.05, 0) is 53.6 Å². The number of hydrazone groups is 1. The summed E-state index contributed by atoms with van der Waals surface area (Å²) in [4.78, 5) is 16.8. The van der Waals surface area contributed by atoms with E-state index in [9.17, 15) is 17.6 Å². The van der Waals surface area contributed by atoms with Crippen LogP contribution in [0.4, 0.5) is 41.1 Å². The van der Waals surface area contributed by atoms with Crippen LogP contribution in [-0.2, 0) is 6.54 Å². The highest BCUT2D eigenvalue weighted by molar-refractivity contribution is 6.42. The summed E-state index contributed by atoms with van der Waals surface area (Å²) >= 11 is 17.8. The minimum Gasteiger partial charge on any atom is -0.428 e. The number of ether oxygens (including phenoxy) is 1. The van der Waals surface area contributed by atoms with E-state index in [1.807, 2.05) is 0 Å². The van der Waals surface area contributed by atoms with Gasteiger partial charge in [0.05, 0.1) is 16.3 Å². The van der Waals surface area contributed by atoms with E-state index < -0.39 is 18.3 Å². The Morgan fingerprint density at radius 1 is 0.900 bits per heavy atom. The van der Waals surface area contributed by atoms with Crippen molar-refractivity contribution in [2.75, 3.05) is 16.1 Å². The van der Waals surface area contributed by atoms with Crippen LogP contribution in [0.5, 0.6) is 5.75 Å². The molecule has 0 spiro atoms. The Kier molecular flexibility index (Phi) is 9.40. The number of rotatable bonds is 11. The number of benzene rings is 2. The zero-order chi connectivity index (χ0) is 28.7. The van der Waals surface area contributed by atoms with Crippen LogP contribution in [0.3, 0.4) is 0 Å². The first-order valence-corrected chi connectivity index (χ1v) is 12.3. The number of alkyl halides is 4. The zero-order valence-corrected chi connectivity index (χ0v) is 22.2. The standard InChI is InChI=1S/C24H17Cl3F4N8O/c25-17-7-1-13(9-18(17)26)12-34-39-23-37-21(33-11-14-2-8-19(27)32-10-14)36-22(38-23)35-15-3-5-16(6-4-15)40-24(30,31)20(28)29/h1-10,12,20H,11H2,(H3,33,35,36,37,38,39)/b34-12+. The maximum absolute atomic E-state index is 13.2. The maximum Gasteiger partial charge on any atom is 0.461 e. The summed E-state index contributed by atoms with van der Waals surface area (Å²) in [6.45, 7) is 0.296. The van der Waals surface area contributed by atoms with E-state index >= 15 is 0 Å². The minimum atomic E-state index is -4.62. The van der Waals surface area contributed by atoms with Crippen molar-refractivity contribution >= 4 is 64.5 Å². The molecule has 2 aromatic heterocycles. The third kappa shape index (κ3) is 8.28. The summed E-state index contributed by atoms with van der Waals surface area (Å²) in [5, 5.41) is 11.1. The van der Waals surface area contributed by atoms with E-state index in [-0.39, 0.29) is 17.8 Å². The zero-order valence-electron chi connectivity index (χ0n) is 19.9. The molecule has 0 atom stereocenters. The van der Waals surface area contributed by atoms with Gasteiger partial charge in [-0.3, -0.25) is 0 Å². The van der Waals surface area contributed by atoms with Crippen molar-refractivity contribution in [3.05, 3.63) is 87.1 Å². The fraction of sp³-hybridized carbons (Fsp3) is 0.125. The maximum atomic E-state index is 13.2. The van der Waals surface area contributed by atoms with Crippen LogP contribution in [0.2, 0.25) is 15.2 Å². The predicted molar refractivity (Wildman–Crippen MR) is 145 cm³/mol. The summed E-state index contributed by atoms with van der Waals surface area (Å²) in [6, 6.07) is 13.2. The van der Waals surface area contributed by atoms with E-state index in [1.54, 1.807) is 36.5 Å². The highest BCUT2D eigenvalue weighted by atomic mass is 35.5. The molecule has 0 aliphatic carbocycles. The van der Waals surface area contributed by atoms with Crippen LogP contribution in [-0.4, -0.2) is 38.7 Å². The number of pyridine rings is 1. The van der Waals surface area contributed by atoms with Gasteiger partial charge >= 0.3 is 12.5 Å². The third-order valence-electron chi connectivity index (χ3n) is 4.81. The van der Waals surface area contributed by atoms with Gasteiger partial charge in [-0.1, -0.05) is 46.9 Å². The van der Waals surface area contributed by atoms with Crippen molar-refractivity contribution in [2.24, 2.45) is 5.10 Å². The summed E-state index contributed by atoms with van der Waals surface area (Å²) in [7, 11) is 0. The average Bonchev–Trinajstić information content (AvgIpc) is 2.91. The molecule has 16 heteroatoms. The van der Waals surface area contributed by atoms with E-state index in [0.717, 1.165) is 17.7 Å². The van der Waals surface area contributed by atoms with Gasteiger partial charge in [-0.2, -0.15) is 37.6 Å². The molecular weight excluding hydrogens is 599 g/mol. The number of hydrogen-bond acceptors (Lipinski definition) is 9. The lowest BCUT2D eigenvalue weighted by Crippen LogP contribution is -2.33. The van der Waals surface area contributed by atoms with Crippen molar-refractivity contribution in [3.8, 4) is 5.75 Å². The number of hydrogen-bond donors (Lipinski definition) is 3. The van der Waals surface area contributed by atoms with Gasteiger partial charge in [0.1, 0.15) is 10.9 Å². The summed E-state index contributed by atoms with van der Waals surface area (Å²) in [5.74, 6) is -0.215. The first-order chi connectivity index (χ1) is 19.1. The molecule has 0 unspecified atom stereocenters. The summed E-state index contributed by atoms with van der Waals surface area (Å²) in [5.41, 5.74) is 4.49. The number of nitrogens with one attached hydrogen (secondary N) is 3. The second-order valence-electron chi connectivity index (χ2n) is 7.81. The molecule has 0 radical (unpaired) electrons. The first kappa shape index (κ1) is 29.1. The lowest BCUT2D eigenvalue weighted by atomic mass is 10.2. The molecule has 208 valence electrons. The van der Waals surface area contributed by atoms with Gasteiger partial charge < -0.3 is 15.4 Å². The monoisotopic (exact) mass is 614 g/mol. The highest BCUT2D eigenvalue weighted by Gasteiger charge is 2.43. The molecule has 0 bridgehead atoms. The van der Waals surface area contributed by atoms with Crippen LogP contribution in [0, 0.1) is 0 Å². The van der Waals surface area contributed by atoms with Gasteiger partial charge in [-0.15, -0.1) is 0 Å². The molecule has 0 aliphatic heterocycles. The van der Waals surface area contributed by atoms with Crippen LogP contribution < -0.4 is 20.8 Å². The fourth-order valence-electron chi connectivity index (χ4n) is 2.95. The van der Waals surface area contributed by atoms with Crippen LogP contribution in [0.25, 0.3) is 0 Å². The lowest BCUT2D eigenvalue weighted by Gasteiger charge is -2.17. The third-order valence-corrected chi connectivity index (χ3v) is 5.78. The Balaban J connectivity index is 1.52. The van der Waals surface area contributed by atoms with Gasteiger partial charge in [0.15, 0.2) is 0 Å². The Labute approximate surface area is 239 Å². The Morgan fingerprint density at radius 3 is 2.30 bits per heavy atom. The SMILES string of the molecule is FC(F)C(F)(F)Oc1ccc(Nc2nc(NCc3ccc(Cl)nc3)nc(N/N=C/c3ccc(Cl)c(Cl)c3)n2)cc1. The summed E-state index contributed by atoms with van der Waals surface area (Å²) in [6.07, 6.45) is -5.55. The highest BCUT2D eigenvalue weighted by Crippen LogP contribution is 2.29. The number of anilines is 4. The number of halogens is 7. The first-order valence-electron chi connectivity index (χ1n) is 11.1. The smallest absolute Gasteiger partial charge is 0.428 e. The molecule has 0 saturated heterocycles. The quantitative estimate of drug-likeness (QED) is 0.0700. The molecular formula is C24H17Cl3F4N8O. The van der Waals surface area contributed by atoms with Crippen LogP contribution in [0.15, 0.2) is 65.9 Å². The van der Waals surface area contributed by atoms with Crippen LogP contribution >= 0.6 is 34.8 Å². The molecule has 4 rings (SSSR count). The Morgan fingerprint density at radius 2 is 1.62 bits per heavy atom. The van der Waals surface area contributed by atoms with E-state index in [4.69, 9.17) is 34.8 Å². The normalized spacial score (nSPS) is 11.6. The molecule has 9 nitrogen and oxygen atoms in total. The molecule has 2 heterocycles. The van der Waals surface area contributed by atoms with Crippen molar-refractivity contribution in [1.29, 1.82) is 0 Å². The Hall–Kier alpha value is -3.94. The molecule has 0 amide bonds. The van der Waals surface area contributed by atoms with Gasteiger partial charge in [-0.25, -0.2) is 10.4 Å². The van der Waals surface area contributed by atoms with Gasteiger partial charge in [0.2, 0.25) is 17.8 Å². The largest absolute Gasteiger partial charge is 0.461 e. The molecule has 4 aromatic rings. The number of aromatic nitrogens is 4. The van der Waals surface area contributed by atoms with E-state index in [1.165, 1.54) is 18.3 Å². The van der Waals surface area contributed by atoms with E-state index in [2.05, 4.69) is 45.8 Å². The molecule has 0 saturated carbocycles. The fourth-order valence-corrected chi connectivity index (χ4v) is 3.37. The predicted octanol–water partition coefficient (Wildman–Crippen LogP) is 7.27. The summed E-state index contributed by atoms with van der Waals surface area (Å²) < 4.78 is 55.2. The minimum absolute atomic E-state index is 0.0436. The van der Waals surface area contributed by atoms with Gasteiger partial charge in [0.25, 0.3) is 0 Å². The molecule has 0 fully saturated rings. The molecule has 3 N–H and O–H groups in total. The van der Waals surface area contributed by atoms with Crippen molar-refractivity contribution in [3.63, 3.8) is 0 Å². The van der Waals surface area contributed by atoms with Crippen molar-refractivity contribution in [2.45, 2.75) is 19.1 Å². The van der Waals surface area contributed by atoms with Crippen LogP contribution in [0.1, 0.15) is 11.1 Å². The second-order valence-corrected chi connectivity index (χ2v) is 9.01. The second kappa shape index (κ2) is 12.9. The molecule has 0 aliphatic rings. The van der Waals surface area contributed by atoms with Crippen molar-refractivity contribution < 1.29 is 22.3 Å². The number of nitrogens with zero attached hydrogens (tertiary/aromatic N) is 5. The van der Waals surface area contributed by atoms with E-state index in [0.29, 0.717) is 33.0 Å². The topological polar surface area (TPSA) is 109 Å².